The molecule has 3 heterocycles. The Morgan fingerprint density at radius 1 is 1.52 bits per heavy atom. The molecule has 1 fully saturated rings. The van der Waals surface area contributed by atoms with Crippen LogP contribution in [0.25, 0.3) is 10.2 Å². The fourth-order valence-corrected chi connectivity index (χ4v) is 3.67. The van der Waals surface area contributed by atoms with Gasteiger partial charge < -0.3 is 14.2 Å². The highest BCUT2D eigenvalue weighted by atomic mass is 32.1. The van der Waals surface area contributed by atoms with Gasteiger partial charge >= 0.3 is 0 Å². The van der Waals surface area contributed by atoms with Crippen LogP contribution in [0.5, 0.6) is 0 Å². The van der Waals surface area contributed by atoms with Crippen LogP contribution in [0.15, 0.2) is 11.1 Å². The Morgan fingerprint density at radius 3 is 3.00 bits per heavy atom. The number of morpholine rings is 1. The van der Waals surface area contributed by atoms with Gasteiger partial charge in [0.1, 0.15) is 4.83 Å². The number of carbonyl (C=O) groups excluding carboxylic acids is 1. The lowest BCUT2D eigenvalue weighted by molar-refractivity contribution is 0.00384. The van der Waals surface area contributed by atoms with E-state index in [1.54, 1.807) is 7.05 Å². The lowest BCUT2D eigenvalue weighted by Gasteiger charge is -2.33. The fourth-order valence-electron chi connectivity index (χ4n) is 2.57. The smallest absolute Gasteiger partial charge is 0.264 e. The lowest BCUT2D eigenvalue weighted by atomic mass is 10.1. The van der Waals surface area contributed by atoms with Crippen LogP contribution in [0.4, 0.5) is 0 Å². The molecule has 21 heavy (non-hydrogen) atoms. The zero-order valence-electron chi connectivity index (χ0n) is 12.3. The predicted octanol–water partition coefficient (Wildman–Crippen LogP) is 1.16. The molecule has 0 spiro atoms. The van der Waals surface area contributed by atoms with Crippen molar-refractivity contribution in [2.24, 2.45) is 7.05 Å². The average molecular weight is 307 g/mol. The Morgan fingerprint density at radius 2 is 2.29 bits per heavy atom. The van der Waals surface area contributed by atoms with Gasteiger partial charge in [-0.05, 0) is 19.4 Å². The molecule has 1 aliphatic heterocycles. The summed E-state index contributed by atoms with van der Waals surface area (Å²) in [5.41, 5.74) is 0.621. The molecule has 1 atom stereocenters. The van der Waals surface area contributed by atoms with Crippen LogP contribution in [0.1, 0.15) is 22.2 Å². The monoisotopic (exact) mass is 307 g/mol. The summed E-state index contributed by atoms with van der Waals surface area (Å²) < 4.78 is 6.80. The van der Waals surface area contributed by atoms with E-state index in [0.717, 1.165) is 5.56 Å². The Hall–Kier alpha value is -1.73. The molecule has 0 aromatic carbocycles. The third-order valence-electron chi connectivity index (χ3n) is 3.83. The molecule has 0 unspecified atom stereocenters. The number of nitrogens with zero attached hydrogens (tertiary/aromatic N) is 3. The molecular formula is C14H17N3O3S. The number of hydrogen-bond donors (Lipinski definition) is 0. The van der Waals surface area contributed by atoms with Crippen molar-refractivity contribution in [1.29, 1.82) is 0 Å². The molecule has 1 amide bonds. The van der Waals surface area contributed by atoms with Gasteiger partial charge in [0, 0.05) is 13.6 Å². The second-order valence-electron chi connectivity index (χ2n) is 5.32. The Kier molecular flexibility index (Phi) is 3.54. The molecule has 0 aliphatic carbocycles. The fraction of sp³-hybridized carbons (Fsp3) is 0.500. The van der Waals surface area contributed by atoms with Crippen LogP contribution < -0.4 is 5.56 Å². The molecule has 1 saturated heterocycles. The van der Waals surface area contributed by atoms with Gasteiger partial charge in [-0.25, -0.2) is 4.98 Å². The van der Waals surface area contributed by atoms with Crippen molar-refractivity contribution < 1.29 is 9.53 Å². The van der Waals surface area contributed by atoms with Gasteiger partial charge in [0.25, 0.3) is 11.5 Å². The molecule has 6 nitrogen and oxygen atoms in total. The average Bonchev–Trinajstić information content (AvgIpc) is 2.80. The minimum absolute atomic E-state index is 0.0339. The minimum atomic E-state index is -0.108. The van der Waals surface area contributed by atoms with E-state index in [2.05, 4.69) is 4.98 Å². The summed E-state index contributed by atoms with van der Waals surface area (Å²) in [4.78, 5) is 32.2. The molecular weight excluding hydrogens is 290 g/mol. The van der Waals surface area contributed by atoms with Gasteiger partial charge in [0.05, 0.1) is 35.8 Å². The lowest BCUT2D eigenvalue weighted by Crippen LogP contribution is -2.47. The van der Waals surface area contributed by atoms with Gasteiger partial charge in [0.15, 0.2) is 0 Å². The maximum absolute atomic E-state index is 12.7. The van der Waals surface area contributed by atoms with Gasteiger partial charge in [-0.2, -0.15) is 0 Å². The van der Waals surface area contributed by atoms with Gasteiger partial charge in [-0.1, -0.05) is 0 Å². The van der Waals surface area contributed by atoms with E-state index >= 15 is 0 Å². The van der Waals surface area contributed by atoms with E-state index < -0.39 is 0 Å². The first-order valence-corrected chi connectivity index (χ1v) is 7.65. The molecule has 2 aromatic rings. The van der Waals surface area contributed by atoms with E-state index in [9.17, 15) is 9.59 Å². The number of ether oxygens (including phenoxy) is 1. The number of thiophene rings is 1. The van der Waals surface area contributed by atoms with Crippen molar-refractivity contribution in [3.63, 3.8) is 0 Å². The van der Waals surface area contributed by atoms with E-state index in [0.29, 0.717) is 34.9 Å². The number of aromatic nitrogens is 2. The number of aryl methyl sites for hydroxylation is 2. The van der Waals surface area contributed by atoms with Gasteiger partial charge in [-0.3, -0.25) is 9.59 Å². The van der Waals surface area contributed by atoms with Crippen molar-refractivity contribution in [1.82, 2.24) is 14.5 Å². The third-order valence-corrected chi connectivity index (χ3v) is 5.02. The summed E-state index contributed by atoms with van der Waals surface area (Å²) in [5.74, 6) is -0.0339. The molecule has 112 valence electrons. The molecule has 0 N–H and O–H groups in total. The summed E-state index contributed by atoms with van der Waals surface area (Å²) in [7, 11) is 1.66. The Bertz CT molecular complexity index is 765. The highest BCUT2D eigenvalue weighted by Crippen LogP contribution is 2.28. The standard InChI is InChI=1S/C14H17N3O3S/c1-8-6-20-5-4-17(8)14(19)11-9(2)10-12(21-11)15-7-16(3)13(10)18/h7-8H,4-6H2,1-3H3/t8-/m0/s1. The second-order valence-corrected chi connectivity index (χ2v) is 6.32. The van der Waals surface area contributed by atoms with Crippen molar-refractivity contribution in [2.75, 3.05) is 19.8 Å². The third kappa shape index (κ3) is 2.26. The molecule has 7 heteroatoms. The van der Waals surface area contributed by atoms with E-state index in [-0.39, 0.29) is 17.5 Å². The van der Waals surface area contributed by atoms with Crippen LogP contribution in [-0.4, -0.2) is 46.2 Å². The van der Waals surface area contributed by atoms with Crippen LogP contribution in [0.2, 0.25) is 0 Å². The Labute approximate surface area is 126 Å². The topological polar surface area (TPSA) is 64.4 Å². The van der Waals surface area contributed by atoms with Crippen LogP contribution in [0, 0.1) is 6.92 Å². The highest BCUT2D eigenvalue weighted by Gasteiger charge is 2.28. The van der Waals surface area contributed by atoms with E-state index in [1.807, 2.05) is 18.7 Å². The summed E-state index contributed by atoms with van der Waals surface area (Å²) in [6.45, 7) is 5.48. The highest BCUT2D eigenvalue weighted by molar-refractivity contribution is 7.20. The summed E-state index contributed by atoms with van der Waals surface area (Å²) in [6, 6.07) is 0.0478. The van der Waals surface area contributed by atoms with Crippen molar-refractivity contribution >= 4 is 27.5 Å². The van der Waals surface area contributed by atoms with Crippen LogP contribution >= 0.6 is 11.3 Å². The second kappa shape index (κ2) is 5.23. The Balaban J connectivity index is 2.08. The summed E-state index contributed by atoms with van der Waals surface area (Å²) >= 11 is 1.29. The molecule has 2 aromatic heterocycles. The first kappa shape index (κ1) is 14.2. The van der Waals surface area contributed by atoms with E-state index in [1.165, 1.54) is 22.2 Å². The molecule has 0 bridgehead atoms. The number of carbonyl (C=O) groups is 1. The van der Waals surface area contributed by atoms with Crippen molar-refractivity contribution in [3.05, 3.63) is 27.1 Å². The normalized spacial score (nSPS) is 19.2. The number of amides is 1. The van der Waals surface area contributed by atoms with Gasteiger partial charge in [-0.15, -0.1) is 11.3 Å². The van der Waals surface area contributed by atoms with Crippen LogP contribution in [-0.2, 0) is 11.8 Å². The summed E-state index contributed by atoms with van der Waals surface area (Å²) in [6.07, 6.45) is 1.49. The molecule has 1 aliphatic rings. The zero-order valence-corrected chi connectivity index (χ0v) is 13.1. The first-order valence-electron chi connectivity index (χ1n) is 6.84. The maximum atomic E-state index is 12.7. The van der Waals surface area contributed by atoms with E-state index in [4.69, 9.17) is 4.74 Å². The molecule has 0 radical (unpaired) electrons. The number of fused-ring (bicyclic) bond motifs is 1. The zero-order chi connectivity index (χ0) is 15.1. The molecule has 3 rings (SSSR count). The van der Waals surface area contributed by atoms with Crippen molar-refractivity contribution in [2.45, 2.75) is 19.9 Å². The minimum Gasteiger partial charge on any atom is -0.377 e. The number of rotatable bonds is 1. The van der Waals surface area contributed by atoms with Crippen molar-refractivity contribution in [3.8, 4) is 0 Å². The maximum Gasteiger partial charge on any atom is 0.264 e. The molecule has 0 saturated carbocycles. The SMILES string of the molecule is Cc1c(C(=O)N2CCOC[C@@H]2C)sc2ncn(C)c(=O)c12. The predicted molar refractivity (Wildman–Crippen MR) is 80.9 cm³/mol. The quantitative estimate of drug-likeness (QED) is 0.793. The largest absolute Gasteiger partial charge is 0.377 e. The summed E-state index contributed by atoms with van der Waals surface area (Å²) in [5, 5.41) is 0.550. The first-order chi connectivity index (χ1) is 10.0. The van der Waals surface area contributed by atoms with Crippen LogP contribution in [0.3, 0.4) is 0 Å². The number of hydrogen-bond acceptors (Lipinski definition) is 5. The van der Waals surface area contributed by atoms with Gasteiger partial charge in [0.2, 0.25) is 0 Å².